The number of fused-ring (bicyclic) bond motifs is 4. The maximum atomic E-state index is 13.6. The first-order chi connectivity index (χ1) is 15.6. The third-order valence-corrected chi connectivity index (χ3v) is 6.12. The Morgan fingerprint density at radius 2 is 1.78 bits per heavy atom. The maximum absolute atomic E-state index is 13.6. The molecule has 0 N–H and O–H groups in total. The Hall–Kier alpha value is -3.58. The Kier molecular flexibility index (Phi) is 4.33. The molecule has 7 nitrogen and oxygen atoms in total. The number of aromatic nitrogens is 5. The van der Waals surface area contributed by atoms with E-state index in [1.54, 1.807) is 10.9 Å². The Labute approximate surface area is 184 Å². The summed E-state index contributed by atoms with van der Waals surface area (Å²) in [5.41, 5.74) is 6.43. The normalized spacial score (nSPS) is 16.5. The molecule has 4 heterocycles. The average Bonchev–Trinajstić information content (AvgIpc) is 3.39. The zero-order valence-electron chi connectivity index (χ0n) is 18.1. The molecule has 0 aliphatic carbocycles. The van der Waals surface area contributed by atoms with Gasteiger partial charge in [0.1, 0.15) is 17.2 Å². The van der Waals surface area contributed by atoms with Crippen LogP contribution in [0.5, 0.6) is 0 Å². The molecule has 3 aromatic heterocycles. The van der Waals surface area contributed by atoms with Crippen molar-refractivity contribution < 1.29 is 4.74 Å². The summed E-state index contributed by atoms with van der Waals surface area (Å²) >= 11 is 0. The molecule has 0 saturated carbocycles. The van der Waals surface area contributed by atoms with E-state index in [1.807, 2.05) is 28.8 Å². The Morgan fingerprint density at radius 1 is 1.03 bits per heavy atom. The Morgan fingerprint density at radius 3 is 2.50 bits per heavy atom. The summed E-state index contributed by atoms with van der Waals surface area (Å²) in [6, 6.07) is 14.0. The van der Waals surface area contributed by atoms with E-state index >= 15 is 0 Å². The maximum Gasteiger partial charge on any atom is 0.265 e. The van der Waals surface area contributed by atoms with Crippen LogP contribution in [-0.4, -0.2) is 36.8 Å². The number of nitrogens with zero attached hydrogens (tertiary/aromatic N) is 5. The van der Waals surface area contributed by atoms with E-state index < -0.39 is 0 Å². The summed E-state index contributed by atoms with van der Waals surface area (Å²) < 4.78 is 9.36. The zero-order chi connectivity index (χ0) is 21.8. The standard InChI is InChI=1S/C25H23N5O2/c1-15-10-16(2)12-17(11-15)30-23-21(22-24(30)28-20-8-4-3-7-19(20)27-22)25(31)29(14-26-23)13-18-6-5-9-32-18/h3-4,7-8,10-12,14,18H,5-6,9,13H2,1-2H3. The summed E-state index contributed by atoms with van der Waals surface area (Å²) in [6.07, 6.45) is 3.66. The molecular formula is C25H23N5O2. The van der Waals surface area contributed by atoms with Crippen LogP contribution >= 0.6 is 0 Å². The van der Waals surface area contributed by atoms with Gasteiger partial charge in [-0.05, 0) is 62.1 Å². The van der Waals surface area contributed by atoms with Crippen LogP contribution in [-0.2, 0) is 11.3 Å². The lowest BCUT2D eigenvalue weighted by atomic mass is 10.1. The minimum Gasteiger partial charge on any atom is -0.376 e. The molecular weight excluding hydrogens is 402 g/mol. The van der Waals surface area contributed by atoms with E-state index in [-0.39, 0.29) is 11.7 Å². The van der Waals surface area contributed by atoms with Crippen molar-refractivity contribution in [2.24, 2.45) is 0 Å². The number of ether oxygens (including phenoxy) is 1. The minimum atomic E-state index is -0.108. The lowest BCUT2D eigenvalue weighted by molar-refractivity contribution is 0.0960. The van der Waals surface area contributed by atoms with Gasteiger partial charge in [0.05, 0.1) is 23.7 Å². The van der Waals surface area contributed by atoms with Crippen LogP contribution in [0.4, 0.5) is 0 Å². The van der Waals surface area contributed by atoms with Crippen molar-refractivity contribution in [1.82, 2.24) is 24.1 Å². The van der Waals surface area contributed by atoms with Crippen molar-refractivity contribution in [3.8, 4) is 5.69 Å². The van der Waals surface area contributed by atoms with E-state index in [0.29, 0.717) is 28.7 Å². The fourth-order valence-electron chi connectivity index (χ4n) is 4.73. The summed E-state index contributed by atoms with van der Waals surface area (Å²) in [5.74, 6) is 0. The van der Waals surface area contributed by atoms with Gasteiger partial charge in [0.15, 0.2) is 11.3 Å². The molecule has 1 aliphatic heterocycles. The Bertz CT molecular complexity index is 1540. The van der Waals surface area contributed by atoms with Crippen molar-refractivity contribution in [3.63, 3.8) is 0 Å². The topological polar surface area (TPSA) is 74.8 Å². The molecule has 1 unspecified atom stereocenters. The first kappa shape index (κ1) is 19.1. The van der Waals surface area contributed by atoms with Crippen LogP contribution in [0.2, 0.25) is 0 Å². The van der Waals surface area contributed by atoms with Gasteiger partial charge in [-0.3, -0.25) is 13.9 Å². The predicted molar refractivity (Wildman–Crippen MR) is 124 cm³/mol. The van der Waals surface area contributed by atoms with Crippen LogP contribution in [0, 0.1) is 13.8 Å². The highest BCUT2D eigenvalue weighted by atomic mass is 16.5. The van der Waals surface area contributed by atoms with Gasteiger partial charge >= 0.3 is 0 Å². The number of hydrogen-bond donors (Lipinski definition) is 0. The first-order valence-corrected chi connectivity index (χ1v) is 10.9. The molecule has 32 heavy (non-hydrogen) atoms. The SMILES string of the molecule is Cc1cc(C)cc(-n2c3nc4ccccc4nc3c3c(=O)n(CC4CCCO4)cnc32)c1. The summed E-state index contributed by atoms with van der Waals surface area (Å²) in [4.78, 5) is 28.1. The summed E-state index contributed by atoms with van der Waals surface area (Å²) in [7, 11) is 0. The molecule has 1 saturated heterocycles. The van der Waals surface area contributed by atoms with Crippen LogP contribution in [0.25, 0.3) is 38.9 Å². The highest BCUT2D eigenvalue weighted by Crippen LogP contribution is 2.29. The van der Waals surface area contributed by atoms with Crippen LogP contribution in [0.1, 0.15) is 24.0 Å². The van der Waals surface area contributed by atoms with Gasteiger partial charge < -0.3 is 4.74 Å². The molecule has 6 rings (SSSR count). The second-order valence-corrected chi connectivity index (χ2v) is 8.60. The molecule has 0 amide bonds. The highest BCUT2D eigenvalue weighted by Gasteiger charge is 2.23. The lowest BCUT2D eigenvalue weighted by Gasteiger charge is -2.12. The molecule has 7 heteroatoms. The third kappa shape index (κ3) is 3.00. The van der Waals surface area contributed by atoms with E-state index in [4.69, 9.17) is 19.7 Å². The molecule has 1 aliphatic rings. The van der Waals surface area contributed by atoms with Crippen LogP contribution in [0.15, 0.2) is 53.6 Å². The smallest absolute Gasteiger partial charge is 0.265 e. The van der Waals surface area contributed by atoms with Gasteiger partial charge in [0.2, 0.25) is 0 Å². The van der Waals surface area contributed by atoms with Crippen molar-refractivity contribution in [2.75, 3.05) is 6.61 Å². The van der Waals surface area contributed by atoms with Crippen molar-refractivity contribution >= 4 is 33.2 Å². The minimum absolute atomic E-state index is 0.0478. The molecule has 1 fully saturated rings. The van der Waals surface area contributed by atoms with Gasteiger partial charge in [-0.2, -0.15) is 0 Å². The van der Waals surface area contributed by atoms with Crippen LogP contribution < -0.4 is 5.56 Å². The van der Waals surface area contributed by atoms with Gasteiger partial charge in [-0.25, -0.2) is 15.0 Å². The molecule has 2 aromatic carbocycles. The molecule has 0 spiro atoms. The van der Waals surface area contributed by atoms with Gasteiger partial charge in [-0.15, -0.1) is 0 Å². The van der Waals surface area contributed by atoms with E-state index in [9.17, 15) is 4.79 Å². The Balaban J connectivity index is 1.70. The second-order valence-electron chi connectivity index (χ2n) is 8.60. The molecule has 5 aromatic rings. The van der Waals surface area contributed by atoms with Crippen molar-refractivity contribution in [2.45, 2.75) is 39.3 Å². The number of rotatable bonds is 3. The van der Waals surface area contributed by atoms with Gasteiger partial charge in [0.25, 0.3) is 5.56 Å². The molecule has 160 valence electrons. The molecule has 0 bridgehead atoms. The number of hydrogen-bond acceptors (Lipinski definition) is 5. The van der Waals surface area contributed by atoms with E-state index in [1.165, 1.54) is 0 Å². The molecule has 0 radical (unpaired) electrons. The zero-order valence-corrected chi connectivity index (χ0v) is 18.1. The second kappa shape index (κ2) is 7.24. The largest absolute Gasteiger partial charge is 0.376 e. The van der Waals surface area contributed by atoms with Gasteiger partial charge in [0, 0.05) is 12.3 Å². The lowest BCUT2D eigenvalue weighted by Crippen LogP contribution is -2.26. The monoisotopic (exact) mass is 425 g/mol. The van der Waals surface area contributed by atoms with Crippen LogP contribution in [0.3, 0.4) is 0 Å². The van der Waals surface area contributed by atoms with Gasteiger partial charge in [-0.1, -0.05) is 18.2 Å². The summed E-state index contributed by atoms with van der Waals surface area (Å²) in [5, 5.41) is 0.498. The third-order valence-electron chi connectivity index (χ3n) is 6.12. The summed E-state index contributed by atoms with van der Waals surface area (Å²) in [6.45, 7) is 5.37. The van der Waals surface area contributed by atoms with E-state index in [2.05, 4.69) is 32.0 Å². The number of aryl methyl sites for hydroxylation is 2. The van der Waals surface area contributed by atoms with Crippen molar-refractivity contribution in [3.05, 3.63) is 70.3 Å². The number of benzene rings is 2. The quantitative estimate of drug-likeness (QED) is 0.435. The highest BCUT2D eigenvalue weighted by molar-refractivity contribution is 6.05. The predicted octanol–water partition coefficient (Wildman–Crippen LogP) is 4.08. The fraction of sp³-hybridized carbons (Fsp3) is 0.280. The van der Waals surface area contributed by atoms with E-state index in [0.717, 1.165) is 47.3 Å². The fourth-order valence-corrected chi connectivity index (χ4v) is 4.73. The van der Waals surface area contributed by atoms with Crippen molar-refractivity contribution in [1.29, 1.82) is 0 Å². The molecule has 1 atom stereocenters. The average molecular weight is 425 g/mol. The first-order valence-electron chi connectivity index (χ1n) is 10.9. The number of para-hydroxylation sites is 2.